The second-order valence-corrected chi connectivity index (χ2v) is 5.23. The molecule has 1 N–H and O–H groups in total. The van der Waals surface area contributed by atoms with Crippen LogP contribution in [-0.4, -0.2) is 11.2 Å². The van der Waals surface area contributed by atoms with Crippen LogP contribution in [0.1, 0.15) is 59.3 Å². The highest BCUT2D eigenvalue weighted by Crippen LogP contribution is 2.31. The Morgan fingerprint density at radius 3 is 2.44 bits per heavy atom. The van der Waals surface area contributed by atoms with Crippen LogP contribution in [0.15, 0.2) is 23.3 Å². The summed E-state index contributed by atoms with van der Waals surface area (Å²) >= 11 is 0. The number of unbranched alkanes of at least 4 members (excludes halogenated alkanes) is 2. The zero-order valence-electron chi connectivity index (χ0n) is 11.0. The zero-order chi connectivity index (χ0) is 12.0. The summed E-state index contributed by atoms with van der Waals surface area (Å²) in [5, 5.41) is 10.1. The molecule has 1 fully saturated rings. The number of aliphatic hydroxyl groups is 1. The first kappa shape index (κ1) is 13.5. The molecule has 92 valence electrons. The Morgan fingerprint density at radius 2 is 1.88 bits per heavy atom. The van der Waals surface area contributed by atoms with Crippen LogP contribution in [0.4, 0.5) is 0 Å². The topological polar surface area (TPSA) is 20.2 Å². The van der Waals surface area contributed by atoms with Crippen LogP contribution >= 0.6 is 0 Å². The first-order valence-electron chi connectivity index (χ1n) is 6.71. The van der Waals surface area contributed by atoms with Crippen molar-refractivity contribution in [1.82, 2.24) is 0 Å². The first-order valence-corrected chi connectivity index (χ1v) is 6.71. The van der Waals surface area contributed by atoms with Gasteiger partial charge >= 0.3 is 0 Å². The third-order valence-corrected chi connectivity index (χ3v) is 3.22. The third-order valence-electron chi connectivity index (χ3n) is 3.22. The number of hydrogen-bond acceptors (Lipinski definition) is 1. The van der Waals surface area contributed by atoms with Crippen LogP contribution in [0, 0.1) is 5.92 Å². The summed E-state index contributed by atoms with van der Waals surface area (Å²) in [6.07, 6.45) is 11.0. The zero-order valence-corrected chi connectivity index (χ0v) is 11.0. The minimum Gasteiger partial charge on any atom is -0.384 e. The van der Waals surface area contributed by atoms with E-state index in [1.165, 1.54) is 24.0 Å². The average molecular weight is 222 g/mol. The molecule has 0 aliphatic heterocycles. The van der Waals surface area contributed by atoms with Crippen molar-refractivity contribution in [2.24, 2.45) is 5.92 Å². The van der Waals surface area contributed by atoms with E-state index >= 15 is 0 Å². The lowest BCUT2D eigenvalue weighted by atomic mass is 10.0. The smallest absolute Gasteiger partial charge is 0.0961 e. The Balaban J connectivity index is 2.49. The van der Waals surface area contributed by atoms with Crippen molar-refractivity contribution in [1.29, 1.82) is 0 Å². The average Bonchev–Trinajstić information content (AvgIpc) is 2.58. The monoisotopic (exact) mass is 222 g/mol. The normalized spacial score (nSPS) is 26.2. The Morgan fingerprint density at radius 1 is 1.25 bits per heavy atom. The van der Waals surface area contributed by atoms with Gasteiger partial charge in [-0.25, -0.2) is 0 Å². The number of allylic oxidation sites excluding steroid dienone is 2. The molecule has 0 amide bonds. The van der Waals surface area contributed by atoms with Gasteiger partial charge in [-0.15, -0.1) is 0 Å². The summed E-state index contributed by atoms with van der Waals surface area (Å²) in [4.78, 5) is 0. The van der Waals surface area contributed by atoms with Crippen molar-refractivity contribution >= 4 is 0 Å². The molecule has 0 radical (unpaired) electrons. The predicted octanol–water partition coefficient (Wildman–Crippen LogP) is 4.23. The summed E-state index contributed by atoms with van der Waals surface area (Å²) in [6, 6.07) is 0. The summed E-state index contributed by atoms with van der Waals surface area (Å²) < 4.78 is 0. The van der Waals surface area contributed by atoms with Gasteiger partial charge in [0.2, 0.25) is 0 Å². The molecule has 0 aromatic heterocycles. The summed E-state index contributed by atoms with van der Waals surface area (Å²) in [7, 11) is 0. The lowest BCUT2D eigenvalue weighted by molar-refractivity contribution is 0.254. The van der Waals surface area contributed by atoms with E-state index in [0.717, 1.165) is 25.7 Å². The fraction of sp³-hybridized carbons (Fsp3) is 0.733. The van der Waals surface area contributed by atoms with Crippen LogP contribution in [0.25, 0.3) is 0 Å². The summed E-state index contributed by atoms with van der Waals surface area (Å²) in [5.74, 6) is 0.688. The maximum Gasteiger partial charge on any atom is 0.0961 e. The van der Waals surface area contributed by atoms with E-state index < -0.39 is 0 Å². The van der Waals surface area contributed by atoms with E-state index in [4.69, 9.17) is 0 Å². The summed E-state index contributed by atoms with van der Waals surface area (Å²) in [5.41, 5.74) is 2.50. The van der Waals surface area contributed by atoms with E-state index in [0.29, 0.717) is 5.92 Å². The number of rotatable bonds is 5. The van der Waals surface area contributed by atoms with Crippen molar-refractivity contribution in [3.05, 3.63) is 23.3 Å². The molecule has 1 rings (SSSR count). The largest absolute Gasteiger partial charge is 0.384 e. The van der Waals surface area contributed by atoms with E-state index in [1.807, 2.05) is 0 Å². The molecular weight excluding hydrogens is 196 g/mol. The SMILES string of the molecule is CCCCC=C1CCC(=CCC(C)C)C1O. The van der Waals surface area contributed by atoms with Crippen LogP contribution in [0.2, 0.25) is 0 Å². The van der Waals surface area contributed by atoms with Gasteiger partial charge in [-0.2, -0.15) is 0 Å². The molecule has 1 unspecified atom stereocenters. The van der Waals surface area contributed by atoms with E-state index in [2.05, 4.69) is 32.9 Å². The summed E-state index contributed by atoms with van der Waals surface area (Å²) in [6.45, 7) is 6.64. The molecule has 1 nitrogen and oxygen atoms in total. The molecule has 1 aliphatic rings. The Hall–Kier alpha value is -0.560. The maximum atomic E-state index is 10.1. The van der Waals surface area contributed by atoms with Gasteiger partial charge in [-0.3, -0.25) is 0 Å². The fourth-order valence-electron chi connectivity index (χ4n) is 2.11. The predicted molar refractivity (Wildman–Crippen MR) is 70.4 cm³/mol. The second-order valence-electron chi connectivity index (χ2n) is 5.23. The molecule has 1 saturated carbocycles. The highest BCUT2D eigenvalue weighted by molar-refractivity contribution is 5.30. The van der Waals surface area contributed by atoms with Gasteiger partial charge in [-0.05, 0) is 42.7 Å². The third kappa shape index (κ3) is 4.13. The van der Waals surface area contributed by atoms with Crippen molar-refractivity contribution in [2.45, 2.75) is 65.4 Å². The van der Waals surface area contributed by atoms with Gasteiger partial charge in [0.05, 0.1) is 6.10 Å². The minimum atomic E-state index is -0.268. The fourth-order valence-corrected chi connectivity index (χ4v) is 2.11. The first-order chi connectivity index (χ1) is 7.65. The van der Waals surface area contributed by atoms with Crippen molar-refractivity contribution < 1.29 is 5.11 Å². The van der Waals surface area contributed by atoms with Crippen LogP contribution in [0.3, 0.4) is 0 Å². The molecule has 1 heteroatoms. The molecule has 0 aromatic rings. The van der Waals surface area contributed by atoms with Gasteiger partial charge < -0.3 is 5.11 Å². The highest BCUT2D eigenvalue weighted by atomic mass is 16.3. The van der Waals surface area contributed by atoms with Crippen molar-refractivity contribution in [2.75, 3.05) is 0 Å². The Kier molecular flexibility index (Phi) is 5.83. The van der Waals surface area contributed by atoms with Crippen LogP contribution < -0.4 is 0 Å². The highest BCUT2D eigenvalue weighted by Gasteiger charge is 2.22. The number of aliphatic hydroxyl groups excluding tert-OH is 1. The quantitative estimate of drug-likeness (QED) is 0.545. The Labute approximate surface area is 100 Å². The molecular formula is C15H26O. The molecule has 1 aliphatic carbocycles. The van der Waals surface area contributed by atoms with Gasteiger partial charge in [0.1, 0.15) is 0 Å². The Bertz CT molecular complexity index is 261. The molecule has 0 bridgehead atoms. The maximum absolute atomic E-state index is 10.1. The number of hydrogen-bond donors (Lipinski definition) is 1. The van der Waals surface area contributed by atoms with E-state index in [9.17, 15) is 5.11 Å². The lowest BCUT2D eigenvalue weighted by Gasteiger charge is -2.07. The standard InChI is InChI=1S/C15H26O/c1-4-5-6-7-13-10-11-14(15(13)16)9-8-12(2)3/h7,9,12,15-16H,4-6,8,10-11H2,1-3H3. The van der Waals surface area contributed by atoms with E-state index in [-0.39, 0.29) is 6.10 Å². The molecule has 0 heterocycles. The molecule has 0 spiro atoms. The molecule has 16 heavy (non-hydrogen) atoms. The molecule has 0 aromatic carbocycles. The second kappa shape index (κ2) is 6.90. The molecule has 1 atom stereocenters. The van der Waals surface area contributed by atoms with Gasteiger partial charge in [0.15, 0.2) is 0 Å². The van der Waals surface area contributed by atoms with Gasteiger partial charge in [0, 0.05) is 0 Å². The van der Waals surface area contributed by atoms with E-state index in [1.54, 1.807) is 0 Å². The molecule has 0 saturated heterocycles. The van der Waals surface area contributed by atoms with Gasteiger partial charge in [-0.1, -0.05) is 45.8 Å². The van der Waals surface area contributed by atoms with Crippen LogP contribution in [-0.2, 0) is 0 Å². The van der Waals surface area contributed by atoms with Crippen LogP contribution in [0.5, 0.6) is 0 Å². The minimum absolute atomic E-state index is 0.268. The van der Waals surface area contributed by atoms with Gasteiger partial charge in [0.25, 0.3) is 0 Å². The van der Waals surface area contributed by atoms with Crippen molar-refractivity contribution in [3.63, 3.8) is 0 Å². The lowest BCUT2D eigenvalue weighted by Crippen LogP contribution is -2.05. The van der Waals surface area contributed by atoms with Crippen molar-refractivity contribution in [3.8, 4) is 0 Å².